The van der Waals surface area contributed by atoms with E-state index in [1.807, 2.05) is 4.90 Å². The molecular formula is C16H23ClN4O2. The Labute approximate surface area is 142 Å². The van der Waals surface area contributed by atoms with Crippen molar-refractivity contribution in [1.82, 2.24) is 10.2 Å². The molecule has 0 aromatic heterocycles. The van der Waals surface area contributed by atoms with Crippen molar-refractivity contribution in [3.8, 4) is 0 Å². The summed E-state index contributed by atoms with van der Waals surface area (Å²) in [5.41, 5.74) is 6.26. The van der Waals surface area contributed by atoms with Crippen LogP contribution in [0.25, 0.3) is 0 Å². The highest BCUT2D eigenvalue weighted by Gasteiger charge is 2.31. The molecule has 3 rings (SSSR count). The number of likely N-dealkylation sites (tertiary alicyclic amines) is 1. The Bertz CT molecular complexity index is 567. The van der Waals surface area contributed by atoms with Crippen molar-refractivity contribution in [1.29, 1.82) is 0 Å². The third-order valence-corrected chi connectivity index (χ3v) is 4.68. The number of amides is 3. The van der Waals surface area contributed by atoms with Crippen LogP contribution in [0.3, 0.4) is 0 Å². The third kappa shape index (κ3) is 4.14. The van der Waals surface area contributed by atoms with Gasteiger partial charge in [0.15, 0.2) is 0 Å². The summed E-state index contributed by atoms with van der Waals surface area (Å²) in [5, 5.41) is 5.95. The first kappa shape index (κ1) is 17.6. The molecule has 2 heterocycles. The summed E-state index contributed by atoms with van der Waals surface area (Å²) in [5.74, 6) is 1.42. The van der Waals surface area contributed by atoms with Crippen LogP contribution in [-0.4, -0.2) is 43.0 Å². The van der Waals surface area contributed by atoms with Crippen molar-refractivity contribution < 1.29 is 9.59 Å². The molecule has 2 atom stereocenters. The van der Waals surface area contributed by atoms with E-state index in [2.05, 4.69) is 10.6 Å². The number of primary amides is 1. The molecule has 23 heavy (non-hydrogen) atoms. The van der Waals surface area contributed by atoms with Crippen LogP contribution in [-0.2, 0) is 0 Å². The number of fused-ring (bicyclic) bond motifs is 1. The Kier molecular flexibility index (Phi) is 5.85. The molecule has 1 aromatic carbocycles. The van der Waals surface area contributed by atoms with Crippen molar-refractivity contribution in [2.75, 3.05) is 31.5 Å². The Morgan fingerprint density at radius 3 is 2.43 bits per heavy atom. The molecule has 0 aliphatic carbocycles. The number of carbonyl (C=O) groups excluding carboxylic acids is 2. The number of nitrogens with two attached hydrogens (primary N) is 1. The molecule has 2 aliphatic rings. The number of nitrogens with one attached hydrogen (secondary N) is 2. The second-order valence-corrected chi connectivity index (χ2v) is 6.12. The van der Waals surface area contributed by atoms with Gasteiger partial charge in [-0.3, -0.25) is 4.79 Å². The van der Waals surface area contributed by atoms with Crippen molar-refractivity contribution in [2.24, 2.45) is 17.6 Å². The maximum Gasteiger partial charge on any atom is 0.316 e. The van der Waals surface area contributed by atoms with Crippen LogP contribution < -0.4 is 16.4 Å². The number of benzene rings is 1. The molecule has 2 aliphatic heterocycles. The molecule has 4 N–H and O–H groups in total. The largest absolute Gasteiger partial charge is 0.351 e. The van der Waals surface area contributed by atoms with E-state index in [0.717, 1.165) is 39.0 Å². The second-order valence-electron chi connectivity index (χ2n) is 6.12. The van der Waals surface area contributed by atoms with Crippen LogP contribution in [0.2, 0.25) is 0 Å². The molecule has 2 fully saturated rings. The lowest BCUT2D eigenvalue weighted by Gasteiger charge is -2.21. The molecule has 1 aromatic rings. The fourth-order valence-corrected chi connectivity index (χ4v) is 3.48. The predicted octanol–water partition coefficient (Wildman–Crippen LogP) is 1.67. The highest BCUT2D eigenvalue weighted by Crippen LogP contribution is 2.27. The number of rotatable bonds is 2. The van der Waals surface area contributed by atoms with Crippen molar-refractivity contribution in [3.05, 3.63) is 29.8 Å². The van der Waals surface area contributed by atoms with E-state index in [-0.39, 0.29) is 18.3 Å². The zero-order valence-corrected chi connectivity index (χ0v) is 13.8. The fourth-order valence-electron chi connectivity index (χ4n) is 3.48. The molecule has 0 unspecified atom stereocenters. The predicted molar refractivity (Wildman–Crippen MR) is 91.9 cm³/mol. The Hall–Kier alpha value is -1.79. The fraction of sp³-hybridized carbons (Fsp3) is 0.500. The summed E-state index contributed by atoms with van der Waals surface area (Å²) in [6, 6.07) is 6.32. The molecule has 0 saturated carbocycles. The molecule has 7 heteroatoms. The average molecular weight is 339 g/mol. The molecule has 0 bridgehead atoms. The van der Waals surface area contributed by atoms with Gasteiger partial charge in [-0.2, -0.15) is 0 Å². The van der Waals surface area contributed by atoms with E-state index in [9.17, 15) is 9.59 Å². The number of hydrogen-bond donors (Lipinski definition) is 3. The lowest BCUT2D eigenvalue weighted by atomic mass is 9.92. The van der Waals surface area contributed by atoms with Gasteiger partial charge in [0.25, 0.3) is 5.91 Å². The minimum absolute atomic E-state index is 0. The number of anilines is 1. The standard InChI is InChI=1S/C16H22N4O2.ClH/c17-16(22)19-14-3-1-2-11(8-14)15(21)20-6-4-12-9-18-10-13(12)5-7-20;/h1-3,8,12-13,18H,4-7,9-10H2,(H3,17,19,22);1H/t12-,13+;. The van der Waals surface area contributed by atoms with Gasteiger partial charge in [0.05, 0.1) is 0 Å². The normalized spacial score (nSPS) is 23.4. The summed E-state index contributed by atoms with van der Waals surface area (Å²) in [6.45, 7) is 3.75. The maximum absolute atomic E-state index is 12.7. The number of urea groups is 1. The zero-order chi connectivity index (χ0) is 15.5. The molecule has 6 nitrogen and oxygen atoms in total. The molecule has 3 amide bonds. The molecule has 0 radical (unpaired) electrons. The minimum Gasteiger partial charge on any atom is -0.351 e. The van der Waals surface area contributed by atoms with Crippen LogP contribution in [0.15, 0.2) is 24.3 Å². The smallest absolute Gasteiger partial charge is 0.316 e. The van der Waals surface area contributed by atoms with E-state index < -0.39 is 6.03 Å². The Morgan fingerprint density at radius 1 is 1.17 bits per heavy atom. The van der Waals surface area contributed by atoms with Gasteiger partial charge in [-0.25, -0.2) is 4.79 Å². The zero-order valence-electron chi connectivity index (χ0n) is 13.0. The summed E-state index contributed by atoms with van der Waals surface area (Å²) >= 11 is 0. The molecule has 0 spiro atoms. The Balaban J connectivity index is 0.00000192. The summed E-state index contributed by atoms with van der Waals surface area (Å²) in [7, 11) is 0. The van der Waals surface area contributed by atoms with Crippen LogP contribution in [0, 0.1) is 11.8 Å². The second kappa shape index (κ2) is 7.66. The van der Waals surface area contributed by atoms with Gasteiger partial charge >= 0.3 is 6.03 Å². The van der Waals surface area contributed by atoms with Gasteiger partial charge in [0, 0.05) is 24.3 Å². The molecular weight excluding hydrogens is 316 g/mol. The highest BCUT2D eigenvalue weighted by atomic mass is 35.5. The highest BCUT2D eigenvalue weighted by molar-refractivity contribution is 5.96. The van der Waals surface area contributed by atoms with Crippen molar-refractivity contribution in [2.45, 2.75) is 12.8 Å². The lowest BCUT2D eigenvalue weighted by Crippen LogP contribution is -2.32. The topological polar surface area (TPSA) is 87.5 Å². The average Bonchev–Trinajstić information content (AvgIpc) is 2.85. The van der Waals surface area contributed by atoms with Gasteiger partial charge in [-0.05, 0) is 56.0 Å². The SMILES string of the molecule is Cl.NC(=O)Nc1cccc(C(=O)N2CC[C@@H]3CNC[C@@H]3CC2)c1. The number of halogens is 1. The number of hydrogen-bond acceptors (Lipinski definition) is 3. The van der Waals surface area contributed by atoms with E-state index in [1.54, 1.807) is 24.3 Å². The van der Waals surface area contributed by atoms with Crippen LogP contribution in [0.5, 0.6) is 0 Å². The summed E-state index contributed by atoms with van der Waals surface area (Å²) in [6.07, 6.45) is 2.12. The Morgan fingerprint density at radius 2 is 1.83 bits per heavy atom. The van der Waals surface area contributed by atoms with E-state index >= 15 is 0 Å². The van der Waals surface area contributed by atoms with Gasteiger partial charge < -0.3 is 21.3 Å². The van der Waals surface area contributed by atoms with E-state index in [4.69, 9.17) is 5.73 Å². The third-order valence-electron chi connectivity index (χ3n) is 4.68. The van der Waals surface area contributed by atoms with Crippen molar-refractivity contribution in [3.63, 3.8) is 0 Å². The molecule has 2 saturated heterocycles. The first-order valence-electron chi connectivity index (χ1n) is 7.80. The first-order chi connectivity index (χ1) is 10.6. The quantitative estimate of drug-likeness (QED) is 0.766. The van der Waals surface area contributed by atoms with Crippen LogP contribution in [0.4, 0.5) is 10.5 Å². The summed E-state index contributed by atoms with van der Waals surface area (Å²) < 4.78 is 0. The van der Waals surface area contributed by atoms with Crippen LogP contribution >= 0.6 is 12.4 Å². The van der Waals surface area contributed by atoms with Gasteiger partial charge in [-0.1, -0.05) is 6.07 Å². The van der Waals surface area contributed by atoms with Gasteiger partial charge in [0.1, 0.15) is 0 Å². The van der Waals surface area contributed by atoms with Crippen molar-refractivity contribution >= 4 is 30.0 Å². The number of carbonyl (C=O) groups is 2. The van der Waals surface area contributed by atoms with E-state index in [1.165, 1.54) is 0 Å². The van der Waals surface area contributed by atoms with Crippen LogP contribution in [0.1, 0.15) is 23.2 Å². The summed E-state index contributed by atoms with van der Waals surface area (Å²) in [4.78, 5) is 25.5. The van der Waals surface area contributed by atoms with Gasteiger partial charge in [0.2, 0.25) is 0 Å². The first-order valence-corrected chi connectivity index (χ1v) is 7.80. The minimum atomic E-state index is -0.625. The maximum atomic E-state index is 12.7. The monoisotopic (exact) mass is 338 g/mol. The lowest BCUT2D eigenvalue weighted by molar-refractivity contribution is 0.0758. The van der Waals surface area contributed by atoms with Gasteiger partial charge in [-0.15, -0.1) is 12.4 Å². The van der Waals surface area contributed by atoms with E-state index in [0.29, 0.717) is 23.1 Å². The number of nitrogens with zero attached hydrogens (tertiary/aromatic N) is 1. The molecule has 126 valence electrons.